The molecule has 23 heavy (non-hydrogen) atoms. The van der Waals surface area contributed by atoms with Gasteiger partial charge >= 0.3 is 0 Å². The van der Waals surface area contributed by atoms with Gasteiger partial charge in [0.15, 0.2) is 5.78 Å². The molecule has 0 bridgehead atoms. The van der Waals surface area contributed by atoms with Crippen LogP contribution in [0.15, 0.2) is 53.4 Å². The Hall–Kier alpha value is -2.27. The van der Waals surface area contributed by atoms with Crippen LogP contribution < -0.4 is 5.32 Å². The molecule has 4 nitrogen and oxygen atoms in total. The number of hydrogen-bond acceptors (Lipinski definition) is 4. The number of ketones is 1. The Kier molecular flexibility index (Phi) is 3.58. The molecule has 0 amide bonds. The normalized spacial score (nSPS) is 14.0. The number of anilines is 2. The van der Waals surface area contributed by atoms with Crippen LogP contribution >= 0.6 is 15.9 Å². The second-order valence-electron chi connectivity index (χ2n) is 5.71. The van der Waals surface area contributed by atoms with Gasteiger partial charge in [0.1, 0.15) is 0 Å². The lowest BCUT2D eigenvalue weighted by atomic mass is 10.0. The fourth-order valence-electron chi connectivity index (χ4n) is 2.63. The Labute approximate surface area is 142 Å². The third-order valence-electron chi connectivity index (χ3n) is 3.97. The molecule has 1 aromatic carbocycles. The van der Waals surface area contributed by atoms with E-state index in [-0.39, 0.29) is 11.7 Å². The standard InChI is InChI=1S/C18H14BrN3O/c19-12-5-6-16-14(8-12)17(22-13-2-1-7-20-9-13)15(10-21-16)18(23)11-3-4-11/h1-2,5-11H,3-4H2,(H,21,22). The third-order valence-corrected chi connectivity index (χ3v) is 4.47. The molecule has 0 spiro atoms. The van der Waals surface area contributed by atoms with Crippen LogP contribution in [0.5, 0.6) is 0 Å². The van der Waals surface area contributed by atoms with Crippen LogP contribution in [0.25, 0.3) is 10.9 Å². The molecule has 0 radical (unpaired) electrons. The summed E-state index contributed by atoms with van der Waals surface area (Å²) in [4.78, 5) is 21.2. The van der Waals surface area contributed by atoms with Gasteiger partial charge in [0.05, 0.1) is 28.7 Å². The number of aromatic nitrogens is 2. The molecule has 114 valence electrons. The number of Topliss-reactive ketones (excluding diaryl/α,β-unsaturated/α-hetero) is 1. The minimum absolute atomic E-state index is 0.149. The van der Waals surface area contributed by atoms with Gasteiger partial charge in [-0.15, -0.1) is 0 Å². The Bertz CT molecular complexity index is 891. The zero-order valence-electron chi connectivity index (χ0n) is 12.3. The Morgan fingerprint density at radius 3 is 2.83 bits per heavy atom. The SMILES string of the molecule is O=C(c1cnc2ccc(Br)cc2c1Nc1cccnc1)C1CC1. The lowest BCUT2D eigenvalue weighted by Crippen LogP contribution is -2.07. The summed E-state index contributed by atoms with van der Waals surface area (Å²) in [6, 6.07) is 9.68. The average molecular weight is 368 g/mol. The monoisotopic (exact) mass is 367 g/mol. The Morgan fingerprint density at radius 1 is 1.22 bits per heavy atom. The minimum atomic E-state index is 0.149. The van der Waals surface area contributed by atoms with Crippen molar-refractivity contribution < 1.29 is 4.79 Å². The van der Waals surface area contributed by atoms with Gasteiger partial charge in [-0.1, -0.05) is 15.9 Å². The van der Waals surface area contributed by atoms with Crippen LogP contribution in [0.2, 0.25) is 0 Å². The van der Waals surface area contributed by atoms with Crippen LogP contribution in [-0.2, 0) is 0 Å². The maximum Gasteiger partial charge on any atom is 0.169 e. The fraction of sp³-hybridized carbons (Fsp3) is 0.167. The van der Waals surface area contributed by atoms with Crippen molar-refractivity contribution in [1.29, 1.82) is 0 Å². The van der Waals surface area contributed by atoms with Gasteiger partial charge < -0.3 is 5.32 Å². The van der Waals surface area contributed by atoms with Crippen molar-refractivity contribution in [3.63, 3.8) is 0 Å². The highest BCUT2D eigenvalue weighted by molar-refractivity contribution is 9.10. The molecule has 1 N–H and O–H groups in total. The summed E-state index contributed by atoms with van der Waals surface area (Å²) in [5, 5.41) is 4.29. The number of rotatable bonds is 4. The smallest absolute Gasteiger partial charge is 0.169 e. The van der Waals surface area contributed by atoms with Crippen LogP contribution in [0.4, 0.5) is 11.4 Å². The van der Waals surface area contributed by atoms with Crippen molar-refractivity contribution in [2.24, 2.45) is 5.92 Å². The average Bonchev–Trinajstić information content (AvgIpc) is 3.41. The molecule has 0 unspecified atom stereocenters. The van der Waals surface area contributed by atoms with E-state index in [1.54, 1.807) is 18.6 Å². The molecule has 2 heterocycles. The van der Waals surface area contributed by atoms with E-state index >= 15 is 0 Å². The zero-order chi connectivity index (χ0) is 15.8. The van der Waals surface area contributed by atoms with Crippen molar-refractivity contribution in [2.75, 3.05) is 5.32 Å². The summed E-state index contributed by atoms with van der Waals surface area (Å²) in [6.07, 6.45) is 7.11. The van der Waals surface area contributed by atoms with Crippen LogP contribution in [0.1, 0.15) is 23.2 Å². The van der Waals surface area contributed by atoms with E-state index in [0.29, 0.717) is 5.56 Å². The molecule has 1 saturated carbocycles. The first-order valence-corrected chi connectivity index (χ1v) is 8.31. The molecule has 0 aliphatic heterocycles. The van der Waals surface area contributed by atoms with Gasteiger partial charge in [-0.3, -0.25) is 14.8 Å². The number of pyridine rings is 2. The minimum Gasteiger partial charge on any atom is -0.353 e. The van der Waals surface area contributed by atoms with E-state index in [1.165, 1.54) is 0 Å². The van der Waals surface area contributed by atoms with Crippen LogP contribution in [0, 0.1) is 5.92 Å². The van der Waals surface area contributed by atoms with Crippen molar-refractivity contribution in [3.8, 4) is 0 Å². The second kappa shape index (κ2) is 5.74. The first-order chi connectivity index (χ1) is 11.2. The maximum absolute atomic E-state index is 12.6. The molecular weight excluding hydrogens is 354 g/mol. The number of nitrogens with zero attached hydrogens (tertiary/aromatic N) is 2. The summed E-state index contributed by atoms with van der Waals surface area (Å²) in [5.74, 6) is 0.321. The summed E-state index contributed by atoms with van der Waals surface area (Å²) >= 11 is 3.50. The van der Waals surface area contributed by atoms with Gasteiger partial charge in [0, 0.05) is 28.2 Å². The Morgan fingerprint density at radius 2 is 2.09 bits per heavy atom. The number of carbonyl (C=O) groups is 1. The number of benzene rings is 1. The molecule has 2 aromatic heterocycles. The number of halogens is 1. The number of hydrogen-bond donors (Lipinski definition) is 1. The molecule has 4 rings (SSSR count). The summed E-state index contributed by atoms with van der Waals surface area (Å²) in [7, 11) is 0. The van der Waals surface area contributed by atoms with E-state index in [4.69, 9.17) is 0 Å². The van der Waals surface area contributed by atoms with E-state index < -0.39 is 0 Å². The fourth-order valence-corrected chi connectivity index (χ4v) is 2.99. The van der Waals surface area contributed by atoms with Crippen molar-refractivity contribution in [1.82, 2.24) is 9.97 Å². The van der Waals surface area contributed by atoms with Gasteiger partial charge in [0.25, 0.3) is 0 Å². The summed E-state index contributed by atoms with van der Waals surface area (Å²) < 4.78 is 0.956. The van der Waals surface area contributed by atoms with E-state index in [0.717, 1.165) is 39.6 Å². The molecule has 0 atom stereocenters. The highest BCUT2D eigenvalue weighted by Gasteiger charge is 2.32. The lowest BCUT2D eigenvalue weighted by Gasteiger charge is -2.14. The number of fused-ring (bicyclic) bond motifs is 1. The molecule has 1 aliphatic carbocycles. The van der Waals surface area contributed by atoms with Crippen molar-refractivity contribution in [2.45, 2.75) is 12.8 Å². The van der Waals surface area contributed by atoms with Crippen molar-refractivity contribution >= 4 is 44.0 Å². The van der Waals surface area contributed by atoms with Crippen LogP contribution in [0.3, 0.4) is 0 Å². The highest BCUT2D eigenvalue weighted by atomic mass is 79.9. The molecule has 3 aromatic rings. The number of carbonyl (C=O) groups excluding carboxylic acids is 1. The molecule has 0 saturated heterocycles. The second-order valence-corrected chi connectivity index (χ2v) is 6.63. The highest BCUT2D eigenvalue weighted by Crippen LogP contribution is 2.37. The largest absolute Gasteiger partial charge is 0.353 e. The van der Waals surface area contributed by atoms with Crippen molar-refractivity contribution in [3.05, 3.63) is 59.0 Å². The zero-order valence-corrected chi connectivity index (χ0v) is 13.9. The Balaban J connectivity index is 1.90. The first-order valence-electron chi connectivity index (χ1n) is 7.52. The van der Waals surface area contributed by atoms with Gasteiger partial charge in [-0.2, -0.15) is 0 Å². The van der Waals surface area contributed by atoms with E-state index in [2.05, 4.69) is 31.2 Å². The van der Waals surface area contributed by atoms with E-state index in [9.17, 15) is 4.79 Å². The number of nitrogens with one attached hydrogen (secondary N) is 1. The molecule has 5 heteroatoms. The molecule has 1 aliphatic rings. The van der Waals surface area contributed by atoms with Gasteiger partial charge in [-0.25, -0.2) is 0 Å². The van der Waals surface area contributed by atoms with Crippen LogP contribution in [-0.4, -0.2) is 15.8 Å². The summed E-state index contributed by atoms with van der Waals surface area (Å²) in [5.41, 5.74) is 3.17. The maximum atomic E-state index is 12.6. The van der Waals surface area contributed by atoms with Gasteiger partial charge in [0.2, 0.25) is 0 Å². The van der Waals surface area contributed by atoms with Gasteiger partial charge in [-0.05, 0) is 43.2 Å². The molecular formula is C18H14BrN3O. The lowest BCUT2D eigenvalue weighted by molar-refractivity contribution is 0.0968. The predicted molar refractivity (Wildman–Crippen MR) is 94.0 cm³/mol. The molecule has 1 fully saturated rings. The quantitative estimate of drug-likeness (QED) is 0.677. The third kappa shape index (κ3) is 2.84. The summed E-state index contributed by atoms with van der Waals surface area (Å²) in [6.45, 7) is 0. The predicted octanol–water partition coefficient (Wildman–Crippen LogP) is 4.73. The topological polar surface area (TPSA) is 54.9 Å². The van der Waals surface area contributed by atoms with E-state index in [1.807, 2.05) is 30.3 Å². The first kappa shape index (κ1) is 14.3.